The van der Waals surface area contributed by atoms with E-state index in [0.29, 0.717) is 13.2 Å². The highest BCUT2D eigenvalue weighted by atomic mass is 16.5. The fourth-order valence-electron chi connectivity index (χ4n) is 2.36. The van der Waals surface area contributed by atoms with Crippen molar-refractivity contribution in [3.8, 4) is 0 Å². The van der Waals surface area contributed by atoms with E-state index < -0.39 is 17.4 Å². The molecule has 3 N–H and O–H groups in total. The maximum atomic E-state index is 11.7. The molecule has 1 atom stereocenters. The van der Waals surface area contributed by atoms with Crippen LogP contribution in [0.2, 0.25) is 0 Å². The summed E-state index contributed by atoms with van der Waals surface area (Å²) < 4.78 is 5.56. The van der Waals surface area contributed by atoms with Crippen molar-refractivity contribution < 1.29 is 19.7 Å². The lowest BCUT2D eigenvalue weighted by atomic mass is 9.87. The van der Waals surface area contributed by atoms with E-state index in [1.54, 1.807) is 13.8 Å². The predicted octanol–water partition coefficient (Wildman–Crippen LogP) is 3.03. The summed E-state index contributed by atoms with van der Waals surface area (Å²) >= 11 is 0. The minimum absolute atomic E-state index is 0.233. The van der Waals surface area contributed by atoms with Gasteiger partial charge in [0.05, 0.1) is 6.61 Å². The van der Waals surface area contributed by atoms with Crippen LogP contribution < -0.4 is 5.32 Å². The molecule has 24 heavy (non-hydrogen) atoms. The highest BCUT2D eigenvalue weighted by Crippen LogP contribution is 2.19. The summed E-state index contributed by atoms with van der Waals surface area (Å²) in [7, 11) is 0. The van der Waals surface area contributed by atoms with Gasteiger partial charge in [0.25, 0.3) is 0 Å². The lowest BCUT2D eigenvalue weighted by molar-refractivity contribution is -0.137. The molecule has 0 aliphatic rings. The summed E-state index contributed by atoms with van der Waals surface area (Å²) in [5, 5.41) is 21.6. The van der Waals surface area contributed by atoms with Gasteiger partial charge in [-0.25, -0.2) is 0 Å². The Kier molecular flexibility index (Phi) is 14.3. The zero-order valence-electron chi connectivity index (χ0n) is 16.0. The molecule has 0 heterocycles. The van der Waals surface area contributed by atoms with E-state index in [1.165, 1.54) is 44.9 Å². The molecule has 0 aromatic carbocycles. The molecule has 144 valence electrons. The average molecular weight is 346 g/mol. The number of ether oxygens (including phenoxy) is 1. The Hall–Kier alpha value is -0.650. The summed E-state index contributed by atoms with van der Waals surface area (Å²) in [6.45, 7) is 7.20. The van der Waals surface area contributed by atoms with Crippen molar-refractivity contribution in [2.24, 2.45) is 5.41 Å². The third-order valence-electron chi connectivity index (χ3n) is 4.30. The number of carbonyl (C=O) groups excluding carboxylic acids is 1. The van der Waals surface area contributed by atoms with Gasteiger partial charge in [-0.2, -0.15) is 0 Å². The summed E-state index contributed by atoms with van der Waals surface area (Å²) in [5.41, 5.74) is -0.822. The number of aliphatic hydroxyl groups is 2. The first-order valence-electron chi connectivity index (χ1n) is 9.60. The van der Waals surface area contributed by atoms with E-state index in [9.17, 15) is 9.90 Å². The summed E-state index contributed by atoms with van der Waals surface area (Å²) in [6, 6.07) is 0. The van der Waals surface area contributed by atoms with Crippen LogP contribution in [0, 0.1) is 5.41 Å². The van der Waals surface area contributed by atoms with E-state index in [4.69, 9.17) is 9.84 Å². The third kappa shape index (κ3) is 11.8. The van der Waals surface area contributed by atoms with Gasteiger partial charge in [0, 0.05) is 25.2 Å². The van der Waals surface area contributed by atoms with E-state index in [0.717, 1.165) is 19.4 Å². The standard InChI is InChI=1S/C19H39NO4/c1-4-5-6-7-8-9-10-11-14-24-15-12-13-20-18(23)17(22)19(2,3)16-21/h17,21-22H,4-16H2,1-3H3,(H,20,23). The van der Waals surface area contributed by atoms with Gasteiger partial charge in [-0.3, -0.25) is 4.79 Å². The monoisotopic (exact) mass is 345 g/mol. The number of rotatable bonds is 16. The highest BCUT2D eigenvalue weighted by molar-refractivity contribution is 5.81. The van der Waals surface area contributed by atoms with Gasteiger partial charge in [0.2, 0.25) is 5.91 Å². The van der Waals surface area contributed by atoms with Crippen LogP contribution in [0.15, 0.2) is 0 Å². The lowest BCUT2D eigenvalue weighted by Crippen LogP contribution is -2.45. The SMILES string of the molecule is CCCCCCCCCCOCCCNC(=O)C(O)C(C)(C)CO. The maximum absolute atomic E-state index is 11.7. The molecule has 0 saturated heterocycles. The molecule has 5 nitrogen and oxygen atoms in total. The summed E-state index contributed by atoms with van der Waals surface area (Å²) in [5.74, 6) is -0.433. The van der Waals surface area contributed by atoms with Crippen LogP contribution >= 0.6 is 0 Å². The zero-order valence-corrected chi connectivity index (χ0v) is 16.0. The van der Waals surface area contributed by atoms with Gasteiger partial charge < -0.3 is 20.3 Å². The van der Waals surface area contributed by atoms with Gasteiger partial charge in [-0.15, -0.1) is 0 Å². The van der Waals surface area contributed by atoms with Crippen molar-refractivity contribution in [3.05, 3.63) is 0 Å². The molecule has 5 heteroatoms. The molecule has 0 spiro atoms. The molecule has 0 bridgehead atoms. The van der Waals surface area contributed by atoms with E-state index in [-0.39, 0.29) is 6.61 Å². The number of nitrogens with one attached hydrogen (secondary N) is 1. The Morgan fingerprint density at radius 1 is 1.00 bits per heavy atom. The molecule has 0 aliphatic heterocycles. The topological polar surface area (TPSA) is 78.8 Å². The van der Waals surface area contributed by atoms with Crippen molar-refractivity contribution >= 4 is 5.91 Å². The Morgan fingerprint density at radius 2 is 1.54 bits per heavy atom. The second-order valence-corrected chi connectivity index (χ2v) is 7.28. The molecule has 0 aromatic rings. The molecule has 1 unspecified atom stereocenters. The van der Waals surface area contributed by atoms with Crippen molar-refractivity contribution in [2.75, 3.05) is 26.4 Å². The predicted molar refractivity (Wildman–Crippen MR) is 97.9 cm³/mol. The van der Waals surface area contributed by atoms with Gasteiger partial charge in [0.15, 0.2) is 0 Å². The molecule has 0 saturated carbocycles. The molecule has 1 amide bonds. The van der Waals surface area contributed by atoms with E-state index in [2.05, 4.69) is 12.2 Å². The van der Waals surface area contributed by atoms with Crippen molar-refractivity contribution in [1.82, 2.24) is 5.32 Å². The Labute approximate surface area is 148 Å². The molecule has 0 aromatic heterocycles. The van der Waals surface area contributed by atoms with Crippen LogP contribution in [-0.2, 0) is 9.53 Å². The first kappa shape index (κ1) is 23.4. The molecular weight excluding hydrogens is 306 g/mol. The van der Waals surface area contributed by atoms with Gasteiger partial charge in [-0.05, 0) is 12.8 Å². The molecule has 0 radical (unpaired) electrons. The van der Waals surface area contributed by atoms with Crippen LogP contribution in [0.25, 0.3) is 0 Å². The molecule has 0 aliphatic carbocycles. The van der Waals surface area contributed by atoms with Crippen molar-refractivity contribution in [1.29, 1.82) is 0 Å². The highest BCUT2D eigenvalue weighted by Gasteiger charge is 2.32. The second kappa shape index (κ2) is 14.7. The number of hydrogen-bond acceptors (Lipinski definition) is 4. The van der Waals surface area contributed by atoms with E-state index in [1.807, 2.05) is 0 Å². The number of amides is 1. The summed E-state index contributed by atoms with van der Waals surface area (Å²) in [6.07, 6.45) is 9.86. The fourth-order valence-corrected chi connectivity index (χ4v) is 2.36. The maximum Gasteiger partial charge on any atom is 0.249 e. The number of carbonyl (C=O) groups is 1. The van der Waals surface area contributed by atoms with E-state index >= 15 is 0 Å². The van der Waals surface area contributed by atoms with Gasteiger partial charge in [0.1, 0.15) is 6.10 Å². The smallest absolute Gasteiger partial charge is 0.249 e. The first-order chi connectivity index (χ1) is 11.5. The van der Waals surface area contributed by atoms with Crippen LogP contribution in [-0.4, -0.2) is 48.6 Å². The van der Waals surface area contributed by atoms with Gasteiger partial charge >= 0.3 is 0 Å². The molecule has 0 fully saturated rings. The number of aliphatic hydroxyl groups excluding tert-OH is 2. The average Bonchev–Trinajstić information content (AvgIpc) is 2.58. The minimum Gasteiger partial charge on any atom is -0.396 e. The Morgan fingerprint density at radius 3 is 2.12 bits per heavy atom. The quantitative estimate of drug-likeness (QED) is 0.376. The lowest BCUT2D eigenvalue weighted by Gasteiger charge is -2.27. The second-order valence-electron chi connectivity index (χ2n) is 7.28. The van der Waals surface area contributed by atoms with Crippen molar-refractivity contribution in [2.45, 2.75) is 84.7 Å². The third-order valence-corrected chi connectivity index (χ3v) is 4.30. The zero-order chi connectivity index (χ0) is 18.3. The number of unbranched alkanes of at least 4 members (excludes halogenated alkanes) is 7. The minimum atomic E-state index is -1.19. The van der Waals surface area contributed by atoms with Gasteiger partial charge in [-0.1, -0.05) is 65.7 Å². The Bertz CT molecular complexity index is 308. The van der Waals surface area contributed by atoms with Crippen LogP contribution in [0.4, 0.5) is 0 Å². The van der Waals surface area contributed by atoms with Crippen molar-refractivity contribution in [3.63, 3.8) is 0 Å². The largest absolute Gasteiger partial charge is 0.396 e. The normalized spacial score (nSPS) is 13.0. The fraction of sp³-hybridized carbons (Fsp3) is 0.947. The van der Waals surface area contributed by atoms with Crippen LogP contribution in [0.5, 0.6) is 0 Å². The van der Waals surface area contributed by atoms with Crippen LogP contribution in [0.1, 0.15) is 78.6 Å². The molecule has 0 rings (SSSR count). The number of hydrogen-bond donors (Lipinski definition) is 3. The summed E-state index contributed by atoms with van der Waals surface area (Å²) in [4.78, 5) is 11.7. The van der Waals surface area contributed by atoms with Crippen LogP contribution in [0.3, 0.4) is 0 Å². The first-order valence-corrected chi connectivity index (χ1v) is 9.60. The Balaban J connectivity index is 3.38. The molecular formula is C19H39NO4.